The van der Waals surface area contributed by atoms with Crippen LogP contribution in [0.5, 0.6) is 11.5 Å². The van der Waals surface area contributed by atoms with E-state index in [1.165, 1.54) is 18.3 Å². The summed E-state index contributed by atoms with van der Waals surface area (Å²) in [6.45, 7) is 6.21. The molecule has 0 aliphatic rings. The van der Waals surface area contributed by atoms with Crippen LogP contribution in [0.3, 0.4) is 0 Å². The molecule has 0 aliphatic carbocycles. The van der Waals surface area contributed by atoms with Crippen molar-refractivity contribution in [1.82, 2.24) is 10.4 Å². The molecule has 1 amide bonds. The van der Waals surface area contributed by atoms with Crippen LogP contribution >= 0.6 is 23.2 Å². The SMILES string of the molecule is CCOc1cc(C=NNC(=O)c2[nH]c3c(C)cc(C)cc3c2-c2ccccc2)ccc1OC(=O)c1ccc(Cl)cc1Cl. The van der Waals surface area contributed by atoms with Gasteiger partial charge in [-0.2, -0.15) is 5.10 Å². The Labute approximate surface area is 253 Å². The number of esters is 1. The number of hydrazone groups is 1. The van der Waals surface area contributed by atoms with Crippen LogP contribution in [0.25, 0.3) is 22.0 Å². The Balaban J connectivity index is 1.38. The molecular weight excluding hydrogens is 573 g/mol. The second-order valence-electron chi connectivity index (χ2n) is 9.60. The summed E-state index contributed by atoms with van der Waals surface area (Å²) in [6.07, 6.45) is 1.49. The molecule has 0 bridgehead atoms. The zero-order chi connectivity index (χ0) is 29.8. The number of aromatic amines is 1. The number of hydrogen-bond donors (Lipinski definition) is 2. The number of ether oxygens (including phenoxy) is 2. The zero-order valence-corrected chi connectivity index (χ0v) is 24.6. The fourth-order valence-corrected chi connectivity index (χ4v) is 5.20. The molecule has 1 aromatic heterocycles. The number of hydrogen-bond acceptors (Lipinski definition) is 5. The Morgan fingerprint density at radius 3 is 2.48 bits per heavy atom. The van der Waals surface area contributed by atoms with Gasteiger partial charge < -0.3 is 14.5 Å². The first-order chi connectivity index (χ1) is 20.2. The molecule has 5 aromatic rings. The van der Waals surface area contributed by atoms with Crippen molar-refractivity contribution in [2.45, 2.75) is 20.8 Å². The van der Waals surface area contributed by atoms with Gasteiger partial charge in [0.25, 0.3) is 5.91 Å². The first kappa shape index (κ1) is 28.9. The lowest BCUT2D eigenvalue weighted by atomic mass is 9.99. The van der Waals surface area contributed by atoms with Gasteiger partial charge in [-0.3, -0.25) is 4.79 Å². The maximum Gasteiger partial charge on any atom is 0.345 e. The summed E-state index contributed by atoms with van der Waals surface area (Å²) in [5.74, 6) is -0.484. The van der Waals surface area contributed by atoms with Gasteiger partial charge in [-0.25, -0.2) is 10.2 Å². The third-order valence-electron chi connectivity index (χ3n) is 6.54. The molecule has 0 saturated heterocycles. The minimum atomic E-state index is -0.649. The number of H-pyrrole nitrogens is 1. The minimum Gasteiger partial charge on any atom is -0.490 e. The number of amides is 1. The normalized spacial score (nSPS) is 11.2. The van der Waals surface area contributed by atoms with E-state index in [4.69, 9.17) is 32.7 Å². The lowest BCUT2D eigenvalue weighted by Crippen LogP contribution is -2.19. The van der Waals surface area contributed by atoms with E-state index >= 15 is 0 Å². The number of nitrogens with one attached hydrogen (secondary N) is 2. The largest absolute Gasteiger partial charge is 0.490 e. The highest BCUT2D eigenvalue weighted by Gasteiger charge is 2.20. The Bertz CT molecular complexity index is 1830. The molecule has 2 N–H and O–H groups in total. The number of carbonyl (C=O) groups is 2. The summed E-state index contributed by atoms with van der Waals surface area (Å²) in [5.41, 5.74) is 8.64. The molecule has 0 unspecified atom stereocenters. The summed E-state index contributed by atoms with van der Waals surface area (Å²) in [4.78, 5) is 29.4. The standard InChI is InChI=1S/C33H27Cl2N3O4/c1-4-41-28-16-21(10-13-27(28)42-33(40)24-12-11-23(34)17-26(24)35)18-36-38-32(39)31-29(22-8-6-5-7-9-22)25-15-19(2)14-20(3)30(25)37-31/h5-18,37H,4H2,1-3H3,(H,38,39). The molecule has 7 nitrogen and oxygen atoms in total. The van der Waals surface area contributed by atoms with E-state index in [1.807, 2.05) is 51.1 Å². The highest BCUT2D eigenvalue weighted by molar-refractivity contribution is 6.36. The second kappa shape index (κ2) is 12.5. The summed E-state index contributed by atoms with van der Waals surface area (Å²) < 4.78 is 11.2. The summed E-state index contributed by atoms with van der Waals surface area (Å²) >= 11 is 12.1. The van der Waals surface area contributed by atoms with Crippen LogP contribution in [0, 0.1) is 13.8 Å². The van der Waals surface area contributed by atoms with Crippen molar-refractivity contribution in [2.75, 3.05) is 6.61 Å². The van der Waals surface area contributed by atoms with E-state index in [-0.39, 0.29) is 22.2 Å². The molecule has 5 rings (SSSR count). The third kappa shape index (κ3) is 6.17. The van der Waals surface area contributed by atoms with Crippen LogP contribution in [0.1, 0.15) is 44.5 Å². The van der Waals surface area contributed by atoms with Gasteiger partial charge in [0.1, 0.15) is 5.69 Å². The maximum atomic E-state index is 13.4. The number of fused-ring (bicyclic) bond motifs is 1. The van der Waals surface area contributed by atoms with Crippen molar-refractivity contribution < 1.29 is 19.1 Å². The maximum absolute atomic E-state index is 13.4. The quantitative estimate of drug-likeness (QED) is 0.0814. The molecule has 0 aliphatic heterocycles. The van der Waals surface area contributed by atoms with E-state index < -0.39 is 5.97 Å². The summed E-state index contributed by atoms with van der Waals surface area (Å²) in [7, 11) is 0. The molecule has 0 saturated carbocycles. The predicted molar refractivity (Wildman–Crippen MR) is 167 cm³/mol. The number of halogens is 2. The van der Waals surface area contributed by atoms with Crippen LogP contribution < -0.4 is 14.9 Å². The molecule has 9 heteroatoms. The van der Waals surface area contributed by atoms with Gasteiger partial charge in [-0.05, 0) is 79.9 Å². The van der Waals surface area contributed by atoms with Crippen LogP contribution in [-0.2, 0) is 0 Å². The van der Waals surface area contributed by atoms with Gasteiger partial charge in [-0.15, -0.1) is 0 Å². The number of carbonyl (C=O) groups excluding carboxylic acids is 2. The molecule has 4 aromatic carbocycles. The average Bonchev–Trinajstić information content (AvgIpc) is 3.35. The number of rotatable bonds is 8. The molecule has 0 fully saturated rings. The monoisotopic (exact) mass is 599 g/mol. The Kier molecular flexibility index (Phi) is 8.61. The smallest absolute Gasteiger partial charge is 0.345 e. The van der Waals surface area contributed by atoms with Gasteiger partial charge in [0.15, 0.2) is 11.5 Å². The van der Waals surface area contributed by atoms with Crippen molar-refractivity contribution in [3.8, 4) is 22.6 Å². The number of nitrogens with zero attached hydrogens (tertiary/aromatic N) is 1. The van der Waals surface area contributed by atoms with E-state index in [9.17, 15) is 9.59 Å². The highest BCUT2D eigenvalue weighted by atomic mass is 35.5. The second-order valence-corrected chi connectivity index (χ2v) is 10.4. The highest BCUT2D eigenvalue weighted by Crippen LogP contribution is 2.35. The average molecular weight is 601 g/mol. The third-order valence-corrected chi connectivity index (χ3v) is 7.09. The van der Waals surface area contributed by atoms with Gasteiger partial charge in [0, 0.05) is 21.5 Å². The molecule has 42 heavy (non-hydrogen) atoms. The lowest BCUT2D eigenvalue weighted by molar-refractivity contribution is 0.0728. The molecule has 1 heterocycles. The first-order valence-electron chi connectivity index (χ1n) is 13.2. The molecule has 212 valence electrons. The number of aromatic nitrogens is 1. The van der Waals surface area contributed by atoms with E-state index in [0.717, 1.165) is 33.2 Å². The fraction of sp³-hybridized carbons (Fsp3) is 0.121. The fourth-order valence-electron chi connectivity index (χ4n) is 4.72. The number of benzene rings is 4. The van der Waals surface area contributed by atoms with Crippen molar-refractivity contribution in [1.29, 1.82) is 0 Å². The van der Waals surface area contributed by atoms with Gasteiger partial charge in [0.2, 0.25) is 0 Å². The van der Waals surface area contributed by atoms with Crippen molar-refractivity contribution in [2.24, 2.45) is 5.10 Å². The van der Waals surface area contributed by atoms with Gasteiger partial charge >= 0.3 is 5.97 Å². The zero-order valence-electron chi connectivity index (χ0n) is 23.1. The van der Waals surface area contributed by atoms with E-state index in [2.05, 4.69) is 27.6 Å². The first-order valence-corrected chi connectivity index (χ1v) is 14.0. The lowest BCUT2D eigenvalue weighted by Gasteiger charge is -2.12. The van der Waals surface area contributed by atoms with Crippen molar-refractivity contribution >= 4 is 52.2 Å². The van der Waals surface area contributed by atoms with Gasteiger partial charge in [0.05, 0.1) is 23.4 Å². The minimum absolute atomic E-state index is 0.175. The molecular formula is C33H27Cl2N3O4. The van der Waals surface area contributed by atoms with Crippen molar-refractivity contribution in [3.63, 3.8) is 0 Å². The molecule has 0 atom stereocenters. The van der Waals surface area contributed by atoms with Gasteiger partial charge in [-0.1, -0.05) is 65.2 Å². The summed E-state index contributed by atoms with van der Waals surface area (Å²) in [5, 5.41) is 5.75. The molecule has 0 radical (unpaired) electrons. The van der Waals surface area contributed by atoms with Crippen LogP contribution in [0.4, 0.5) is 0 Å². The number of aryl methyl sites for hydroxylation is 2. The summed E-state index contributed by atoms with van der Waals surface area (Å²) in [6, 6.07) is 23.4. The van der Waals surface area contributed by atoms with Crippen molar-refractivity contribution in [3.05, 3.63) is 117 Å². The van der Waals surface area contributed by atoms with E-state index in [0.29, 0.717) is 28.6 Å². The predicted octanol–water partition coefficient (Wildman–Crippen LogP) is 8.14. The van der Waals surface area contributed by atoms with Crippen LogP contribution in [0.2, 0.25) is 10.0 Å². The van der Waals surface area contributed by atoms with E-state index in [1.54, 1.807) is 24.3 Å². The Morgan fingerprint density at radius 2 is 1.74 bits per heavy atom. The Morgan fingerprint density at radius 1 is 0.952 bits per heavy atom. The molecule has 0 spiro atoms. The van der Waals surface area contributed by atoms with Crippen LogP contribution in [0.15, 0.2) is 84.0 Å². The Hall–Kier alpha value is -4.59. The van der Waals surface area contributed by atoms with Crippen LogP contribution in [-0.4, -0.2) is 29.7 Å². The topological polar surface area (TPSA) is 92.8 Å².